The standard InChI is InChI=1S/C11H18N2O/c1-2-3-9-14-10-8-13-11-4-6-12-7-5-11/h4-7H,2-3,8-10H2,1H3,(H,12,13). The van der Waals surface area contributed by atoms with Crippen molar-refractivity contribution in [3.05, 3.63) is 24.5 Å². The van der Waals surface area contributed by atoms with E-state index < -0.39 is 0 Å². The zero-order valence-corrected chi connectivity index (χ0v) is 8.70. The molecule has 1 heterocycles. The van der Waals surface area contributed by atoms with Gasteiger partial charge in [-0.2, -0.15) is 0 Å². The molecule has 3 heteroatoms. The molecule has 3 nitrogen and oxygen atoms in total. The lowest BCUT2D eigenvalue weighted by atomic mass is 10.4. The molecule has 0 radical (unpaired) electrons. The normalized spacial score (nSPS) is 10.1. The van der Waals surface area contributed by atoms with Gasteiger partial charge in [-0.25, -0.2) is 0 Å². The summed E-state index contributed by atoms with van der Waals surface area (Å²) in [5.74, 6) is 0. The molecular formula is C11H18N2O. The first-order valence-corrected chi connectivity index (χ1v) is 5.15. The van der Waals surface area contributed by atoms with E-state index in [1.807, 2.05) is 12.1 Å². The van der Waals surface area contributed by atoms with Gasteiger partial charge in [0.05, 0.1) is 6.61 Å². The largest absolute Gasteiger partial charge is 0.383 e. The van der Waals surface area contributed by atoms with E-state index in [1.54, 1.807) is 12.4 Å². The van der Waals surface area contributed by atoms with Crippen LogP contribution in [-0.4, -0.2) is 24.7 Å². The van der Waals surface area contributed by atoms with Crippen LogP contribution in [0.4, 0.5) is 5.69 Å². The first-order valence-electron chi connectivity index (χ1n) is 5.15. The third-order valence-corrected chi connectivity index (χ3v) is 1.90. The molecule has 0 saturated heterocycles. The van der Waals surface area contributed by atoms with Crippen molar-refractivity contribution in [2.24, 2.45) is 0 Å². The maximum Gasteiger partial charge on any atom is 0.0639 e. The highest BCUT2D eigenvalue weighted by Gasteiger charge is 1.90. The molecule has 0 fully saturated rings. The maximum absolute atomic E-state index is 5.42. The summed E-state index contributed by atoms with van der Waals surface area (Å²) in [4.78, 5) is 3.94. The number of anilines is 1. The summed E-state index contributed by atoms with van der Waals surface area (Å²) in [6, 6.07) is 3.90. The summed E-state index contributed by atoms with van der Waals surface area (Å²) in [6.45, 7) is 4.66. The number of hydrogen-bond donors (Lipinski definition) is 1. The zero-order chi connectivity index (χ0) is 10.1. The second-order valence-corrected chi connectivity index (χ2v) is 3.13. The molecule has 14 heavy (non-hydrogen) atoms. The van der Waals surface area contributed by atoms with Gasteiger partial charge in [-0.1, -0.05) is 13.3 Å². The molecule has 0 amide bonds. The lowest BCUT2D eigenvalue weighted by Gasteiger charge is -2.06. The number of pyridine rings is 1. The van der Waals surface area contributed by atoms with Crippen molar-refractivity contribution in [3.63, 3.8) is 0 Å². The average molecular weight is 194 g/mol. The molecule has 0 aliphatic carbocycles. The van der Waals surface area contributed by atoms with Crippen LogP contribution < -0.4 is 5.32 Å². The highest BCUT2D eigenvalue weighted by molar-refractivity contribution is 5.40. The molecule has 1 aromatic heterocycles. The van der Waals surface area contributed by atoms with Gasteiger partial charge < -0.3 is 10.1 Å². The Balaban J connectivity index is 1.99. The number of aromatic nitrogens is 1. The predicted octanol–water partition coefficient (Wildman–Crippen LogP) is 2.31. The van der Waals surface area contributed by atoms with Crippen molar-refractivity contribution < 1.29 is 4.74 Å². The first-order chi connectivity index (χ1) is 6.93. The molecule has 1 N–H and O–H groups in total. The van der Waals surface area contributed by atoms with E-state index in [1.165, 1.54) is 6.42 Å². The van der Waals surface area contributed by atoms with Gasteiger partial charge in [0, 0.05) is 31.2 Å². The Morgan fingerprint density at radius 3 is 2.79 bits per heavy atom. The average Bonchev–Trinajstić information content (AvgIpc) is 2.25. The minimum absolute atomic E-state index is 0.766. The van der Waals surface area contributed by atoms with Crippen LogP contribution in [0, 0.1) is 0 Å². The van der Waals surface area contributed by atoms with Crippen molar-refractivity contribution in [3.8, 4) is 0 Å². The SMILES string of the molecule is CCCCOCCNc1ccncc1. The van der Waals surface area contributed by atoms with Crippen LogP contribution in [0.3, 0.4) is 0 Å². The van der Waals surface area contributed by atoms with E-state index in [4.69, 9.17) is 4.74 Å². The van der Waals surface area contributed by atoms with Crippen LogP contribution in [0.1, 0.15) is 19.8 Å². The van der Waals surface area contributed by atoms with Gasteiger partial charge in [0.2, 0.25) is 0 Å². The number of unbranched alkanes of at least 4 members (excludes halogenated alkanes) is 1. The van der Waals surface area contributed by atoms with Crippen molar-refractivity contribution in [1.29, 1.82) is 0 Å². The van der Waals surface area contributed by atoms with Crippen molar-refractivity contribution in [1.82, 2.24) is 4.98 Å². The fourth-order valence-electron chi connectivity index (χ4n) is 1.09. The zero-order valence-electron chi connectivity index (χ0n) is 8.70. The van der Waals surface area contributed by atoms with Crippen LogP contribution in [0.15, 0.2) is 24.5 Å². The Bertz CT molecular complexity index is 226. The number of ether oxygens (including phenoxy) is 1. The third-order valence-electron chi connectivity index (χ3n) is 1.90. The lowest BCUT2D eigenvalue weighted by molar-refractivity contribution is 0.141. The summed E-state index contributed by atoms with van der Waals surface area (Å²) in [5, 5.41) is 3.26. The van der Waals surface area contributed by atoms with E-state index in [9.17, 15) is 0 Å². The highest BCUT2D eigenvalue weighted by atomic mass is 16.5. The van der Waals surface area contributed by atoms with Crippen LogP contribution in [0.25, 0.3) is 0 Å². The molecule has 1 rings (SSSR count). The second kappa shape index (κ2) is 7.33. The van der Waals surface area contributed by atoms with Crippen molar-refractivity contribution in [2.45, 2.75) is 19.8 Å². The number of hydrogen-bond acceptors (Lipinski definition) is 3. The molecule has 0 aliphatic rings. The molecule has 0 bridgehead atoms. The number of rotatable bonds is 7. The van der Waals surface area contributed by atoms with Gasteiger partial charge in [-0.05, 0) is 18.6 Å². The molecule has 78 valence electrons. The van der Waals surface area contributed by atoms with Gasteiger partial charge in [-0.3, -0.25) is 4.98 Å². The van der Waals surface area contributed by atoms with E-state index in [2.05, 4.69) is 17.2 Å². The number of nitrogens with zero attached hydrogens (tertiary/aromatic N) is 1. The molecule has 0 unspecified atom stereocenters. The fraction of sp³-hybridized carbons (Fsp3) is 0.545. The minimum Gasteiger partial charge on any atom is -0.383 e. The maximum atomic E-state index is 5.42. The molecule has 0 aliphatic heterocycles. The molecule has 0 aromatic carbocycles. The molecule has 0 saturated carbocycles. The summed E-state index contributed by atoms with van der Waals surface area (Å²) in [6.07, 6.45) is 5.90. The van der Waals surface area contributed by atoms with E-state index in [0.29, 0.717) is 0 Å². The predicted molar refractivity (Wildman–Crippen MR) is 58.5 cm³/mol. The van der Waals surface area contributed by atoms with Crippen LogP contribution in [-0.2, 0) is 4.74 Å². The van der Waals surface area contributed by atoms with Crippen molar-refractivity contribution in [2.75, 3.05) is 25.1 Å². The van der Waals surface area contributed by atoms with Gasteiger partial charge in [0.25, 0.3) is 0 Å². The summed E-state index contributed by atoms with van der Waals surface area (Å²) in [7, 11) is 0. The molecule has 1 aromatic rings. The molecular weight excluding hydrogens is 176 g/mol. The fourth-order valence-corrected chi connectivity index (χ4v) is 1.09. The van der Waals surface area contributed by atoms with Crippen LogP contribution in [0.5, 0.6) is 0 Å². The van der Waals surface area contributed by atoms with E-state index in [0.717, 1.165) is 31.9 Å². The molecule has 0 atom stereocenters. The van der Waals surface area contributed by atoms with Crippen molar-refractivity contribution >= 4 is 5.69 Å². The van der Waals surface area contributed by atoms with E-state index in [-0.39, 0.29) is 0 Å². The second-order valence-electron chi connectivity index (χ2n) is 3.13. The Kier molecular flexibility index (Phi) is 5.75. The minimum atomic E-state index is 0.766. The van der Waals surface area contributed by atoms with Gasteiger partial charge in [0.1, 0.15) is 0 Å². The van der Waals surface area contributed by atoms with Gasteiger partial charge in [0.15, 0.2) is 0 Å². The monoisotopic (exact) mass is 194 g/mol. The number of nitrogens with one attached hydrogen (secondary N) is 1. The Morgan fingerprint density at radius 2 is 2.07 bits per heavy atom. The Morgan fingerprint density at radius 1 is 1.29 bits per heavy atom. The Labute approximate surface area is 85.5 Å². The topological polar surface area (TPSA) is 34.1 Å². The van der Waals surface area contributed by atoms with Gasteiger partial charge >= 0.3 is 0 Å². The molecule has 0 spiro atoms. The van der Waals surface area contributed by atoms with Crippen LogP contribution in [0.2, 0.25) is 0 Å². The Hall–Kier alpha value is -1.09. The summed E-state index contributed by atoms with van der Waals surface area (Å²) in [5.41, 5.74) is 1.10. The summed E-state index contributed by atoms with van der Waals surface area (Å²) >= 11 is 0. The summed E-state index contributed by atoms with van der Waals surface area (Å²) < 4.78 is 5.42. The highest BCUT2D eigenvalue weighted by Crippen LogP contribution is 2.01. The lowest BCUT2D eigenvalue weighted by Crippen LogP contribution is -2.09. The quantitative estimate of drug-likeness (QED) is 0.676. The smallest absolute Gasteiger partial charge is 0.0639 e. The third kappa shape index (κ3) is 4.82. The first kappa shape index (κ1) is 11.0. The van der Waals surface area contributed by atoms with Gasteiger partial charge in [-0.15, -0.1) is 0 Å². The van der Waals surface area contributed by atoms with E-state index >= 15 is 0 Å². The van der Waals surface area contributed by atoms with Crippen LogP contribution >= 0.6 is 0 Å².